The van der Waals surface area contributed by atoms with Crippen molar-refractivity contribution < 1.29 is 9.90 Å². The number of rotatable bonds is 5. The van der Waals surface area contributed by atoms with Crippen molar-refractivity contribution in [1.29, 1.82) is 0 Å². The smallest absolute Gasteiger partial charge is 0.306 e. The molecule has 1 fully saturated rings. The van der Waals surface area contributed by atoms with Crippen LogP contribution in [0.4, 0.5) is 0 Å². The van der Waals surface area contributed by atoms with E-state index in [1.807, 2.05) is 0 Å². The number of hydrogen-bond acceptors (Lipinski definition) is 2. The Bertz CT molecular complexity index is 496. The zero-order chi connectivity index (χ0) is 14.7. The summed E-state index contributed by atoms with van der Waals surface area (Å²) in [7, 11) is 0. The van der Waals surface area contributed by atoms with Crippen LogP contribution in [0.2, 0.25) is 0 Å². The Labute approximate surface area is 121 Å². The highest BCUT2D eigenvalue weighted by atomic mass is 16.4. The minimum atomic E-state index is -0.628. The third kappa shape index (κ3) is 3.40. The van der Waals surface area contributed by atoms with Gasteiger partial charge >= 0.3 is 5.97 Å². The number of carboxylic acids is 1. The van der Waals surface area contributed by atoms with E-state index in [9.17, 15) is 9.90 Å². The lowest BCUT2D eigenvalue weighted by Crippen LogP contribution is -2.29. The van der Waals surface area contributed by atoms with Crippen LogP contribution in [0.25, 0.3) is 0 Å². The van der Waals surface area contributed by atoms with Crippen LogP contribution in [0.3, 0.4) is 0 Å². The Hall–Kier alpha value is -1.35. The van der Waals surface area contributed by atoms with E-state index in [1.165, 1.54) is 22.3 Å². The SMILES string of the molecule is Cc1cc(C)c(CNCC2CCCC2C(=O)O)cc1C. The average Bonchev–Trinajstić information content (AvgIpc) is 2.84. The van der Waals surface area contributed by atoms with Crippen LogP contribution in [-0.2, 0) is 11.3 Å². The first-order valence-corrected chi connectivity index (χ1v) is 7.49. The molecule has 1 aliphatic rings. The van der Waals surface area contributed by atoms with Crippen molar-refractivity contribution in [1.82, 2.24) is 5.32 Å². The van der Waals surface area contributed by atoms with E-state index in [-0.39, 0.29) is 5.92 Å². The highest BCUT2D eigenvalue weighted by Crippen LogP contribution is 2.31. The first-order valence-electron chi connectivity index (χ1n) is 7.49. The fourth-order valence-corrected chi connectivity index (χ4v) is 3.21. The van der Waals surface area contributed by atoms with Gasteiger partial charge in [0.2, 0.25) is 0 Å². The summed E-state index contributed by atoms with van der Waals surface area (Å²) in [5, 5.41) is 12.6. The lowest BCUT2D eigenvalue weighted by molar-refractivity contribution is -0.142. The summed E-state index contributed by atoms with van der Waals surface area (Å²) in [5.74, 6) is -0.487. The van der Waals surface area contributed by atoms with Crippen molar-refractivity contribution >= 4 is 5.97 Å². The standard InChI is InChI=1S/C17H25NO2/c1-11-7-13(3)15(8-12(11)2)10-18-9-14-5-4-6-16(14)17(19)20/h7-8,14,16,18H,4-6,9-10H2,1-3H3,(H,19,20). The Kier molecular flexibility index (Phi) is 4.81. The molecule has 0 amide bonds. The lowest BCUT2D eigenvalue weighted by atomic mass is 9.96. The van der Waals surface area contributed by atoms with Gasteiger partial charge in [-0.05, 0) is 68.3 Å². The molecular formula is C17H25NO2. The summed E-state index contributed by atoms with van der Waals surface area (Å²) in [4.78, 5) is 11.2. The minimum absolute atomic E-state index is 0.150. The summed E-state index contributed by atoms with van der Waals surface area (Å²) in [5.41, 5.74) is 5.27. The molecule has 1 aromatic rings. The lowest BCUT2D eigenvalue weighted by Gasteiger charge is -2.17. The number of hydrogen-bond donors (Lipinski definition) is 2. The molecule has 0 bridgehead atoms. The summed E-state index contributed by atoms with van der Waals surface area (Å²) in [6, 6.07) is 4.46. The molecule has 2 N–H and O–H groups in total. The van der Waals surface area contributed by atoms with E-state index in [0.29, 0.717) is 5.92 Å². The second kappa shape index (κ2) is 6.40. The van der Waals surface area contributed by atoms with Gasteiger partial charge in [-0.2, -0.15) is 0 Å². The maximum atomic E-state index is 11.2. The van der Waals surface area contributed by atoms with Crippen molar-refractivity contribution in [2.45, 2.75) is 46.6 Å². The number of benzene rings is 1. The number of carbonyl (C=O) groups is 1. The number of carboxylic acid groups (broad SMARTS) is 1. The van der Waals surface area contributed by atoms with E-state index >= 15 is 0 Å². The van der Waals surface area contributed by atoms with Crippen molar-refractivity contribution in [3.05, 3.63) is 34.4 Å². The summed E-state index contributed by atoms with van der Waals surface area (Å²) in [6.45, 7) is 8.05. The highest BCUT2D eigenvalue weighted by molar-refractivity contribution is 5.70. The molecule has 110 valence electrons. The molecule has 0 radical (unpaired) electrons. The monoisotopic (exact) mass is 275 g/mol. The van der Waals surface area contributed by atoms with Gasteiger partial charge in [-0.3, -0.25) is 4.79 Å². The Morgan fingerprint density at radius 3 is 2.60 bits per heavy atom. The van der Waals surface area contributed by atoms with Crippen LogP contribution < -0.4 is 5.32 Å². The van der Waals surface area contributed by atoms with Crippen LogP contribution >= 0.6 is 0 Å². The predicted octanol–water partition coefficient (Wildman–Crippen LogP) is 3.20. The van der Waals surface area contributed by atoms with Gasteiger partial charge in [0, 0.05) is 6.54 Å². The van der Waals surface area contributed by atoms with Gasteiger partial charge in [-0.25, -0.2) is 0 Å². The molecule has 2 unspecified atom stereocenters. The van der Waals surface area contributed by atoms with Gasteiger partial charge < -0.3 is 10.4 Å². The fourth-order valence-electron chi connectivity index (χ4n) is 3.21. The van der Waals surface area contributed by atoms with E-state index in [2.05, 4.69) is 38.2 Å². The van der Waals surface area contributed by atoms with Crippen molar-refractivity contribution in [3.63, 3.8) is 0 Å². The Balaban J connectivity index is 1.90. The Morgan fingerprint density at radius 2 is 1.90 bits per heavy atom. The van der Waals surface area contributed by atoms with Gasteiger partial charge in [0.05, 0.1) is 5.92 Å². The van der Waals surface area contributed by atoms with Gasteiger partial charge in [0.25, 0.3) is 0 Å². The number of aryl methyl sites for hydroxylation is 3. The quantitative estimate of drug-likeness (QED) is 0.867. The maximum Gasteiger partial charge on any atom is 0.306 e. The summed E-state index contributed by atoms with van der Waals surface area (Å²) in [6.07, 6.45) is 2.92. The largest absolute Gasteiger partial charge is 0.481 e. The molecule has 1 aromatic carbocycles. The molecule has 0 aliphatic heterocycles. The molecule has 20 heavy (non-hydrogen) atoms. The molecule has 0 spiro atoms. The second-order valence-electron chi connectivity index (χ2n) is 6.13. The van der Waals surface area contributed by atoms with Crippen molar-refractivity contribution in [2.24, 2.45) is 11.8 Å². The van der Waals surface area contributed by atoms with Crippen LogP contribution in [0.5, 0.6) is 0 Å². The molecule has 1 aliphatic carbocycles. The van der Waals surface area contributed by atoms with E-state index < -0.39 is 5.97 Å². The molecular weight excluding hydrogens is 250 g/mol. The Morgan fingerprint density at radius 1 is 1.20 bits per heavy atom. The molecule has 1 saturated carbocycles. The van der Waals surface area contributed by atoms with Crippen molar-refractivity contribution in [2.75, 3.05) is 6.54 Å². The zero-order valence-corrected chi connectivity index (χ0v) is 12.7. The van der Waals surface area contributed by atoms with E-state index in [4.69, 9.17) is 0 Å². The minimum Gasteiger partial charge on any atom is -0.481 e. The van der Waals surface area contributed by atoms with E-state index in [1.54, 1.807) is 0 Å². The molecule has 3 heteroatoms. The molecule has 0 aromatic heterocycles. The molecule has 0 heterocycles. The van der Waals surface area contributed by atoms with Crippen LogP contribution in [0.1, 0.15) is 41.5 Å². The van der Waals surface area contributed by atoms with Gasteiger partial charge in [-0.15, -0.1) is 0 Å². The first-order chi connectivity index (χ1) is 9.49. The third-order valence-corrected chi connectivity index (χ3v) is 4.65. The van der Waals surface area contributed by atoms with Crippen LogP contribution in [-0.4, -0.2) is 17.6 Å². The third-order valence-electron chi connectivity index (χ3n) is 4.65. The number of nitrogens with one attached hydrogen (secondary N) is 1. The molecule has 3 nitrogen and oxygen atoms in total. The molecule has 2 rings (SSSR count). The van der Waals surface area contributed by atoms with Crippen LogP contribution in [0, 0.1) is 32.6 Å². The van der Waals surface area contributed by atoms with Gasteiger partial charge in [-0.1, -0.05) is 18.6 Å². The van der Waals surface area contributed by atoms with Gasteiger partial charge in [0.15, 0.2) is 0 Å². The molecule has 2 atom stereocenters. The van der Waals surface area contributed by atoms with Crippen molar-refractivity contribution in [3.8, 4) is 0 Å². The second-order valence-corrected chi connectivity index (χ2v) is 6.13. The highest BCUT2D eigenvalue weighted by Gasteiger charge is 2.32. The summed E-state index contributed by atoms with van der Waals surface area (Å²) >= 11 is 0. The topological polar surface area (TPSA) is 49.3 Å². The predicted molar refractivity (Wildman–Crippen MR) is 80.8 cm³/mol. The van der Waals surface area contributed by atoms with E-state index in [0.717, 1.165) is 32.4 Å². The fraction of sp³-hybridized carbons (Fsp3) is 0.588. The average molecular weight is 275 g/mol. The molecule has 0 saturated heterocycles. The first kappa shape index (κ1) is 15.0. The van der Waals surface area contributed by atoms with Crippen LogP contribution in [0.15, 0.2) is 12.1 Å². The van der Waals surface area contributed by atoms with Gasteiger partial charge in [0.1, 0.15) is 0 Å². The maximum absolute atomic E-state index is 11.2. The summed E-state index contributed by atoms with van der Waals surface area (Å²) < 4.78 is 0. The zero-order valence-electron chi connectivity index (χ0n) is 12.7. The number of aliphatic carboxylic acids is 1. The normalized spacial score (nSPS) is 22.1.